The molecule has 1 saturated carbocycles. The molecule has 6 nitrogen and oxygen atoms in total. The van der Waals surface area contributed by atoms with E-state index in [-0.39, 0.29) is 30.2 Å². The summed E-state index contributed by atoms with van der Waals surface area (Å²) < 4.78 is 38.8. The van der Waals surface area contributed by atoms with E-state index in [2.05, 4.69) is 20.3 Å². The zero-order valence-electron chi connectivity index (χ0n) is 17.6. The molecule has 1 aliphatic rings. The Hall–Kier alpha value is -2.72. The van der Waals surface area contributed by atoms with Crippen LogP contribution < -0.4 is 5.32 Å². The van der Waals surface area contributed by atoms with Crippen molar-refractivity contribution in [3.63, 3.8) is 0 Å². The van der Waals surface area contributed by atoms with Gasteiger partial charge in [-0.3, -0.25) is 4.79 Å². The number of nitrogens with zero attached hydrogens (tertiary/aromatic N) is 3. The maximum atomic E-state index is 12.9. The maximum absolute atomic E-state index is 12.9. The highest BCUT2D eigenvalue weighted by molar-refractivity contribution is 7.15. The van der Waals surface area contributed by atoms with E-state index >= 15 is 0 Å². The number of hydrogen-bond donors (Lipinski definition) is 2. The number of aromatic nitrogens is 3. The molecule has 11 heteroatoms. The highest BCUT2D eigenvalue weighted by Crippen LogP contribution is 2.40. The molecule has 0 aliphatic heterocycles. The number of carboxylic acids is 1. The molecule has 33 heavy (non-hydrogen) atoms. The lowest BCUT2D eigenvalue weighted by molar-refractivity contribution is -0.143. The third kappa shape index (κ3) is 6.00. The fourth-order valence-electron chi connectivity index (χ4n) is 3.90. The van der Waals surface area contributed by atoms with Crippen LogP contribution in [0, 0.1) is 12.8 Å². The van der Waals surface area contributed by atoms with E-state index in [4.69, 9.17) is 0 Å². The molecule has 0 bridgehead atoms. The smallest absolute Gasteiger partial charge is 0.433 e. The summed E-state index contributed by atoms with van der Waals surface area (Å²) in [5.41, 5.74) is 1.39. The van der Waals surface area contributed by atoms with Gasteiger partial charge in [-0.05, 0) is 61.9 Å². The van der Waals surface area contributed by atoms with Crippen LogP contribution in [0.5, 0.6) is 0 Å². The van der Waals surface area contributed by atoms with Gasteiger partial charge in [0.15, 0.2) is 0 Å². The minimum atomic E-state index is -4.54. The fourth-order valence-corrected chi connectivity index (χ4v) is 4.97. The summed E-state index contributed by atoms with van der Waals surface area (Å²) in [6.45, 7) is 1.90. The van der Waals surface area contributed by atoms with Crippen molar-refractivity contribution in [2.24, 2.45) is 5.92 Å². The number of anilines is 2. The number of alkyl halides is 3. The zero-order valence-corrected chi connectivity index (χ0v) is 19.2. The Bertz CT molecular complexity index is 1130. The summed E-state index contributed by atoms with van der Waals surface area (Å²) in [5, 5.41) is 13.0. The number of nitrogens with one attached hydrogen (secondary N) is 1. The first-order chi connectivity index (χ1) is 15.2. The summed E-state index contributed by atoms with van der Waals surface area (Å²) in [7, 11) is 0. The van der Waals surface area contributed by atoms with Crippen molar-refractivity contribution >= 4 is 41.3 Å². The van der Waals surface area contributed by atoms with Crippen molar-refractivity contribution in [2.45, 2.75) is 44.7 Å². The summed E-state index contributed by atoms with van der Waals surface area (Å²) in [5.74, 6) is -0.871. The number of benzene rings is 1. The number of aryl methyl sites for hydroxylation is 1. The fraction of sp³-hybridized carbons (Fsp3) is 0.364. The maximum Gasteiger partial charge on any atom is 0.433 e. The molecule has 1 aromatic carbocycles. The third-order valence-corrected chi connectivity index (χ3v) is 6.72. The van der Waals surface area contributed by atoms with Crippen molar-refractivity contribution in [3.8, 4) is 10.4 Å². The van der Waals surface area contributed by atoms with Crippen molar-refractivity contribution in [1.29, 1.82) is 0 Å². The van der Waals surface area contributed by atoms with Crippen LogP contribution in [0.1, 0.15) is 47.9 Å². The highest BCUT2D eigenvalue weighted by Gasteiger charge is 2.33. The molecule has 1 aliphatic carbocycles. The molecule has 0 unspecified atom stereocenters. The number of rotatable bonds is 5. The van der Waals surface area contributed by atoms with Gasteiger partial charge < -0.3 is 10.4 Å². The first-order valence-electron chi connectivity index (χ1n) is 10.2. The summed E-state index contributed by atoms with van der Waals surface area (Å²) in [6.07, 6.45) is 1.25. The molecule has 2 heterocycles. The molecule has 176 valence electrons. The predicted octanol–water partition coefficient (Wildman–Crippen LogP) is 6.45. The van der Waals surface area contributed by atoms with E-state index in [1.165, 1.54) is 0 Å². The van der Waals surface area contributed by atoms with E-state index in [1.54, 1.807) is 17.5 Å². The minimum absolute atomic E-state index is 0. The summed E-state index contributed by atoms with van der Waals surface area (Å²) in [4.78, 5) is 24.1. The molecule has 2 N–H and O–H groups in total. The van der Waals surface area contributed by atoms with Crippen LogP contribution in [0.4, 0.5) is 24.8 Å². The van der Waals surface area contributed by atoms with Crippen molar-refractivity contribution in [3.05, 3.63) is 52.9 Å². The average Bonchev–Trinajstić information content (AvgIpc) is 3.23. The highest BCUT2D eigenvalue weighted by atomic mass is 35.5. The lowest BCUT2D eigenvalue weighted by Gasteiger charge is -2.24. The summed E-state index contributed by atoms with van der Waals surface area (Å²) in [6, 6.07) is 6.45. The van der Waals surface area contributed by atoms with Crippen LogP contribution in [0.2, 0.25) is 0 Å². The lowest BCUT2D eigenvalue weighted by Crippen LogP contribution is -2.20. The molecular weight excluding hydrogens is 477 g/mol. The Morgan fingerprint density at radius 3 is 2.55 bits per heavy atom. The van der Waals surface area contributed by atoms with Gasteiger partial charge in [0, 0.05) is 24.0 Å². The molecular formula is C22H22ClF3N4O2S. The second-order valence-corrected chi connectivity index (χ2v) is 8.99. The molecule has 4 rings (SSSR count). The van der Waals surface area contributed by atoms with Crippen molar-refractivity contribution < 1.29 is 23.1 Å². The van der Waals surface area contributed by atoms with E-state index < -0.39 is 17.8 Å². The number of carbonyl (C=O) groups is 1. The minimum Gasteiger partial charge on any atom is -0.481 e. The number of aliphatic carboxylic acids is 1. The topological polar surface area (TPSA) is 88.0 Å². The van der Waals surface area contributed by atoms with E-state index in [0.717, 1.165) is 46.1 Å². The second-order valence-electron chi connectivity index (χ2n) is 7.93. The van der Waals surface area contributed by atoms with Gasteiger partial charge in [-0.1, -0.05) is 6.07 Å². The van der Waals surface area contributed by atoms with Crippen LogP contribution in [0.25, 0.3) is 10.4 Å². The van der Waals surface area contributed by atoms with Gasteiger partial charge in [0.1, 0.15) is 5.69 Å². The van der Waals surface area contributed by atoms with Gasteiger partial charge in [-0.25, -0.2) is 15.0 Å². The molecule has 0 amide bonds. The van der Waals surface area contributed by atoms with E-state index in [0.29, 0.717) is 18.5 Å². The lowest BCUT2D eigenvalue weighted by atomic mass is 9.82. The van der Waals surface area contributed by atoms with Gasteiger partial charge >= 0.3 is 12.1 Å². The number of thiazole rings is 1. The second kappa shape index (κ2) is 10.0. The average molecular weight is 499 g/mol. The molecule has 0 saturated heterocycles. The summed E-state index contributed by atoms with van der Waals surface area (Å²) >= 11 is 1.57. The van der Waals surface area contributed by atoms with Crippen LogP contribution >= 0.6 is 23.7 Å². The van der Waals surface area contributed by atoms with Crippen LogP contribution in [-0.4, -0.2) is 26.0 Å². The van der Waals surface area contributed by atoms with E-state index in [9.17, 15) is 23.1 Å². The quantitative estimate of drug-likeness (QED) is 0.420. The Labute approximate surface area is 198 Å². The molecule has 2 aromatic heterocycles. The first-order valence-corrected chi connectivity index (χ1v) is 11.0. The Kier molecular flexibility index (Phi) is 7.58. The molecule has 0 atom stereocenters. The molecule has 0 spiro atoms. The molecule has 1 fully saturated rings. The Balaban J connectivity index is 0.00000306. The SMILES string of the molecule is Cc1cc(Nc2nccc(C(F)(F)F)n2)cc(-c2cnc(C3CCC(C(=O)O)CC3)s2)c1.Cl. The zero-order chi connectivity index (χ0) is 22.9. The molecule has 0 radical (unpaired) electrons. The number of carboxylic acid groups (broad SMARTS) is 1. The van der Waals surface area contributed by atoms with Crippen LogP contribution in [-0.2, 0) is 11.0 Å². The van der Waals surface area contributed by atoms with Crippen molar-refractivity contribution in [2.75, 3.05) is 5.32 Å². The first kappa shape index (κ1) is 24.9. The van der Waals surface area contributed by atoms with Gasteiger partial charge in [-0.2, -0.15) is 13.2 Å². The van der Waals surface area contributed by atoms with Crippen LogP contribution in [0.3, 0.4) is 0 Å². The Morgan fingerprint density at radius 1 is 1.15 bits per heavy atom. The number of hydrogen-bond acceptors (Lipinski definition) is 6. The molecule has 3 aromatic rings. The van der Waals surface area contributed by atoms with Gasteiger partial charge in [-0.15, -0.1) is 23.7 Å². The van der Waals surface area contributed by atoms with Gasteiger partial charge in [0.25, 0.3) is 0 Å². The van der Waals surface area contributed by atoms with E-state index in [1.807, 2.05) is 25.1 Å². The third-order valence-electron chi connectivity index (χ3n) is 5.51. The van der Waals surface area contributed by atoms with Gasteiger partial charge in [0.2, 0.25) is 5.95 Å². The normalized spacial score (nSPS) is 18.4. The predicted molar refractivity (Wildman–Crippen MR) is 122 cm³/mol. The largest absolute Gasteiger partial charge is 0.481 e. The number of halogens is 4. The Morgan fingerprint density at radius 2 is 1.88 bits per heavy atom. The standard InChI is InChI=1S/C22H21F3N4O2S.ClH/c1-12-8-15(10-16(9-12)28-21-26-7-6-18(29-21)22(23,24)25)17-11-27-19(32-17)13-2-4-14(5-3-13)20(30)31;/h6-11,13-14H,2-5H2,1H3,(H,30,31)(H,26,28,29);1H. The monoisotopic (exact) mass is 498 g/mol. The van der Waals surface area contributed by atoms with Gasteiger partial charge in [0.05, 0.1) is 15.8 Å². The van der Waals surface area contributed by atoms with Crippen LogP contribution in [0.15, 0.2) is 36.7 Å². The van der Waals surface area contributed by atoms with Crippen molar-refractivity contribution in [1.82, 2.24) is 15.0 Å².